The first kappa shape index (κ1) is 13.4. The van der Waals surface area contributed by atoms with Crippen LogP contribution in [0.15, 0.2) is 15.7 Å². The van der Waals surface area contributed by atoms with Gasteiger partial charge in [-0.25, -0.2) is 9.97 Å². The van der Waals surface area contributed by atoms with E-state index in [0.717, 1.165) is 24.7 Å². The molecule has 21 heavy (non-hydrogen) atoms. The predicted octanol–water partition coefficient (Wildman–Crippen LogP) is 3.89. The highest BCUT2D eigenvalue weighted by Gasteiger charge is 2.23. The van der Waals surface area contributed by atoms with Crippen molar-refractivity contribution >= 4 is 49.8 Å². The van der Waals surface area contributed by atoms with Crippen LogP contribution in [-0.4, -0.2) is 26.2 Å². The van der Waals surface area contributed by atoms with E-state index in [0.29, 0.717) is 6.04 Å². The molecule has 0 unspecified atom stereocenters. The zero-order chi connectivity index (χ0) is 14.4. The molecular formula is C13H13N5S3. The summed E-state index contributed by atoms with van der Waals surface area (Å²) in [5.41, 5.74) is 1.26. The number of aryl methyl sites for hydroxylation is 2. The fourth-order valence-electron chi connectivity index (χ4n) is 2.02. The topological polar surface area (TPSA) is 63.6 Å². The normalized spacial score (nSPS) is 14.8. The second-order valence-electron chi connectivity index (χ2n) is 5.04. The van der Waals surface area contributed by atoms with Crippen molar-refractivity contribution < 1.29 is 0 Å². The fraction of sp³-hybridized carbons (Fsp3) is 0.385. The van der Waals surface area contributed by atoms with Gasteiger partial charge in [0.2, 0.25) is 5.13 Å². The molecule has 3 aromatic rings. The van der Waals surface area contributed by atoms with Crippen LogP contribution in [0.4, 0.5) is 5.13 Å². The number of anilines is 1. The van der Waals surface area contributed by atoms with Gasteiger partial charge >= 0.3 is 0 Å². The predicted molar refractivity (Wildman–Crippen MR) is 87.6 cm³/mol. The van der Waals surface area contributed by atoms with Crippen LogP contribution in [0.1, 0.15) is 23.3 Å². The number of hydrogen-bond acceptors (Lipinski definition) is 8. The summed E-state index contributed by atoms with van der Waals surface area (Å²) in [6, 6.07) is 0.600. The van der Waals surface area contributed by atoms with E-state index in [1.807, 2.05) is 0 Å². The number of nitrogens with one attached hydrogen (secondary N) is 1. The average molecular weight is 335 g/mol. The molecule has 1 aliphatic rings. The van der Waals surface area contributed by atoms with Crippen LogP contribution in [0.25, 0.3) is 10.2 Å². The largest absolute Gasteiger partial charge is 0.357 e. The average Bonchev–Trinajstić information content (AvgIpc) is 3.09. The highest BCUT2D eigenvalue weighted by Crippen LogP contribution is 2.39. The van der Waals surface area contributed by atoms with Crippen LogP contribution >= 0.6 is 34.4 Å². The van der Waals surface area contributed by atoms with Crippen molar-refractivity contribution in [1.29, 1.82) is 0 Å². The fourth-order valence-corrected chi connectivity index (χ4v) is 4.98. The first-order valence-electron chi connectivity index (χ1n) is 6.69. The Bertz CT molecular complexity index is 805. The van der Waals surface area contributed by atoms with Crippen LogP contribution in [0.2, 0.25) is 0 Å². The summed E-state index contributed by atoms with van der Waals surface area (Å²) < 4.78 is 0.918. The Balaban J connectivity index is 1.65. The summed E-state index contributed by atoms with van der Waals surface area (Å²) in [5.74, 6) is 0. The van der Waals surface area contributed by atoms with Gasteiger partial charge in [0.15, 0.2) is 4.34 Å². The molecule has 0 atom stereocenters. The van der Waals surface area contributed by atoms with Crippen molar-refractivity contribution in [3.63, 3.8) is 0 Å². The Morgan fingerprint density at radius 3 is 2.86 bits per heavy atom. The van der Waals surface area contributed by atoms with Crippen molar-refractivity contribution in [1.82, 2.24) is 20.2 Å². The van der Waals surface area contributed by atoms with E-state index in [1.54, 1.807) is 40.8 Å². The lowest BCUT2D eigenvalue weighted by molar-refractivity contribution is 0.991. The molecule has 3 heterocycles. The van der Waals surface area contributed by atoms with Crippen LogP contribution in [-0.2, 0) is 0 Å². The molecule has 1 N–H and O–H groups in total. The highest BCUT2D eigenvalue weighted by molar-refractivity contribution is 8.01. The quantitative estimate of drug-likeness (QED) is 0.730. The van der Waals surface area contributed by atoms with Crippen LogP contribution in [0, 0.1) is 13.8 Å². The number of nitrogens with zero attached hydrogens (tertiary/aromatic N) is 4. The molecule has 1 saturated carbocycles. The van der Waals surface area contributed by atoms with Crippen molar-refractivity contribution in [3.8, 4) is 0 Å². The molecule has 0 amide bonds. The lowest BCUT2D eigenvalue weighted by Gasteiger charge is -1.99. The Hall–Kier alpha value is -1.25. The number of aromatic nitrogens is 4. The third-order valence-electron chi connectivity index (χ3n) is 3.43. The van der Waals surface area contributed by atoms with Crippen molar-refractivity contribution in [2.75, 3.05) is 5.32 Å². The molecule has 4 rings (SSSR count). The maximum Gasteiger partial charge on any atom is 0.206 e. The molecule has 8 heteroatoms. The molecule has 0 aliphatic heterocycles. The SMILES string of the molecule is Cc1sc2ncnc(Sc3nnc(NC4CC4)s3)c2c1C. The third kappa shape index (κ3) is 2.63. The summed E-state index contributed by atoms with van der Waals surface area (Å²) >= 11 is 4.88. The molecule has 0 radical (unpaired) electrons. The molecule has 108 valence electrons. The zero-order valence-corrected chi connectivity index (χ0v) is 14.0. The van der Waals surface area contributed by atoms with Gasteiger partial charge in [-0.15, -0.1) is 21.5 Å². The van der Waals surface area contributed by atoms with Gasteiger partial charge in [0.05, 0.1) is 0 Å². The van der Waals surface area contributed by atoms with E-state index < -0.39 is 0 Å². The van der Waals surface area contributed by atoms with E-state index in [1.165, 1.54) is 23.3 Å². The second kappa shape index (κ2) is 5.19. The van der Waals surface area contributed by atoms with E-state index in [-0.39, 0.29) is 0 Å². The van der Waals surface area contributed by atoms with Crippen LogP contribution < -0.4 is 5.32 Å². The molecule has 0 aromatic carbocycles. The minimum Gasteiger partial charge on any atom is -0.357 e. The zero-order valence-electron chi connectivity index (χ0n) is 11.6. The number of hydrogen-bond donors (Lipinski definition) is 1. The van der Waals surface area contributed by atoms with Crippen molar-refractivity contribution in [2.45, 2.75) is 42.1 Å². The smallest absolute Gasteiger partial charge is 0.206 e. The van der Waals surface area contributed by atoms with E-state index in [9.17, 15) is 0 Å². The third-order valence-corrected chi connectivity index (χ3v) is 6.45. The van der Waals surface area contributed by atoms with Crippen LogP contribution in [0.3, 0.4) is 0 Å². The summed E-state index contributed by atoms with van der Waals surface area (Å²) in [6.07, 6.45) is 4.11. The monoisotopic (exact) mass is 335 g/mol. The lowest BCUT2D eigenvalue weighted by Crippen LogP contribution is -1.99. The summed E-state index contributed by atoms with van der Waals surface area (Å²) in [5, 5.41) is 14.8. The van der Waals surface area contributed by atoms with Gasteiger partial charge in [0.1, 0.15) is 16.2 Å². The number of rotatable bonds is 4. The second-order valence-corrected chi connectivity index (χ2v) is 8.45. The molecule has 1 fully saturated rings. The summed E-state index contributed by atoms with van der Waals surface area (Å²) in [7, 11) is 0. The van der Waals surface area contributed by atoms with Gasteiger partial charge in [-0.3, -0.25) is 0 Å². The molecule has 0 spiro atoms. The summed E-state index contributed by atoms with van der Waals surface area (Å²) in [6.45, 7) is 4.25. The molecule has 0 bridgehead atoms. The number of fused-ring (bicyclic) bond motifs is 1. The Labute approximate surface area is 134 Å². The van der Waals surface area contributed by atoms with Gasteiger partial charge in [-0.05, 0) is 44.0 Å². The van der Waals surface area contributed by atoms with Gasteiger partial charge in [0.25, 0.3) is 0 Å². The maximum absolute atomic E-state index is 4.44. The molecule has 1 aliphatic carbocycles. The number of thiophene rings is 1. The molecule has 3 aromatic heterocycles. The van der Waals surface area contributed by atoms with E-state index in [2.05, 4.69) is 39.3 Å². The van der Waals surface area contributed by atoms with Gasteiger partial charge < -0.3 is 5.32 Å². The van der Waals surface area contributed by atoms with E-state index >= 15 is 0 Å². The summed E-state index contributed by atoms with van der Waals surface area (Å²) in [4.78, 5) is 11.1. The van der Waals surface area contributed by atoms with Gasteiger partial charge in [-0.1, -0.05) is 11.3 Å². The van der Waals surface area contributed by atoms with Crippen molar-refractivity contribution in [3.05, 3.63) is 16.8 Å². The Morgan fingerprint density at radius 1 is 1.19 bits per heavy atom. The van der Waals surface area contributed by atoms with Gasteiger partial charge in [0, 0.05) is 16.3 Å². The van der Waals surface area contributed by atoms with Gasteiger partial charge in [-0.2, -0.15) is 0 Å². The highest BCUT2D eigenvalue weighted by atomic mass is 32.2. The molecule has 0 saturated heterocycles. The Morgan fingerprint density at radius 2 is 2.05 bits per heavy atom. The minimum absolute atomic E-state index is 0.600. The first-order valence-corrected chi connectivity index (χ1v) is 9.14. The molecular weight excluding hydrogens is 322 g/mol. The first-order chi connectivity index (χ1) is 10.2. The Kier molecular flexibility index (Phi) is 3.31. The van der Waals surface area contributed by atoms with Crippen LogP contribution in [0.5, 0.6) is 0 Å². The standard InChI is InChI=1S/C13H13N5S3/c1-6-7(2)19-10-9(6)11(15-5-14-10)20-13-18-17-12(21-13)16-8-3-4-8/h5,8H,3-4H2,1-2H3,(H,16,17). The maximum atomic E-state index is 4.44. The minimum atomic E-state index is 0.600. The lowest BCUT2D eigenvalue weighted by atomic mass is 10.2. The molecule has 5 nitrogen and oxygen atoms in total. The van der Waals surface area contributed by atoms with E-state index in [4.69, 9.17) is 0 Å². The van der Waals surface area contributed by atoms with Crippen molar-refractivity contribution in [2.24, 2.45) is 0 Å².